The van der Waals surface area contributed by atoms with E-state index in [1.54, 1.807) is 0 Å². The van der Waals surface area contributed by atoms with E-state index in [1.165, 1.54) is 24.8 Å². The second-order valence-electron chi connectivity index (χ2n) is 4.76. The summed E-state index contributed by atoms with van der Waals surface area (Å²) in [6.45, 7) is 0.759. The van der Waals surface area contributed by atoms with Crippen molar-refractivity contribution in [3.05, 3.63) is 35.9 Å². The van der Waals surface area contributed by atoms with Crippen molar-refractivity contribution in [2.45, 2.75) is 38.3 Å². The Labute approximate surface area is 102 Å². The lowest BCUT2D eigenvalue weighted by Gasteiger charge is -2.33. The van der Waals surface area contributed by atoms with Gasteiger partial charge in [0.05, 0.1) is 6.42 Å². The zero-order valence-electron chi connectivity index (χ0n) is 9.93. The third kappa shape index (κ3) is 3.56. The van der Waals surface area contributed by atoms with Crippen molar-refractivity contribution in [1.82, 2.24) is 5.32 Å². The average molecular weight is 233 g/mol. The van der Waals surface area contributed by atoms with Gasteiger partial charge in [0.15, 0.2) is 0 Å². The Kier molecular flexibility index (Phi) is 4.15. The number of benzene rings is 1. The van der Waals surface area contributed by atoms with Crippen LogP contribution in [0.15, 0.2) is 30.3 Å². The third-order valence-electron chi connectivity index (χ3n) is 3.52. The van der Waals surface area contributed by atoms with Crippen molar-refractivity contribution in [3.8, 4) is 0 Å². The standard InChI is InChI=1S/C14H19NO2/c16-14(17)9-13(12-7-4-8-12)15-10-11-5-2-1-3-6-11/h1-3,5-6,12-13,15H,4,7-10H2,(H,16,17). The predicted octanol–water partition coefficient (Wildman–Crippen LogP) is 2.42. The molecule has 3 heteroatoms. The van der Waals surface area contributed by atoms with Gasteiger partial charge in [0.25, 0.3) is 0 Å². The normalized spacial score (nSPS) is 17.4. The van der Waals surface area contributed by atoms with Crippen LogP contribution in [-0.2, 0) is 11.3 Å². The van der Waals surface area contributed by atoms with Crippen LogP contribution in [0.2, 0.25) is 0 Å². The largest absolute Gasteiger partial charge is 0.481 e. The lowest BCUT2D eigenvalue weighted by molar-refractivity contribution is -0.138. The minimum atomic E-state index is -0.706. The Bertz CT molecular complexity index is 360. The van der Waals surface area contributed by atoms with Crippen LogP contribution >= 0.6 is 0 Å². The van der Waals surface area contributed by atoms with E-state index in [2.05, 4.69) is 17.4 Å². The molecule has 1 aliphatic carbocycles. The number of rotatable bonds is 6. The van der Waals surface area contributed by atoms with Crippen LogP contribution in [0.3, 0.4) is 0 Å². The van der Waals surface area contributed by atoms with Crippen LogP contribution in [0.25, 0.3) is 0 Å². The molecule has 0 aromatic heterocycles. The van der Waals surface area contributed by atoms with E-state index in [0.29, 0.717) is 5.92 Å². The topological polar surface area (TPSA) is 49.3 Å². The van der Waals surface area contributed by atoms with Crippen molar-refractivity contribution in [2.75, 3.05) is 0 Å². The minimum Gasteiger partial charge on any atom is -0.481 e. The number of aliphatic carboxylic acids is 1. The first-order chi connectivity index (χ1) is 8.25. The third-order valence-corrected chi connectivity index (χ3v) is 3.52. The van der Waals surface area contributed by atoms with Gasteiger partial charge in [-0.15, -0.1) is 0 Å². The van der Waals surface area contributed by atoms with E-state index in [0.717, 1.165) is 6.54 Å². The Morgan fingerprint density at radius 1 is 1.35 bits per heavy atom. The van der Waals surface area contributed by atoms with Crippen LogP contribution in [0.4, 0.5) is 0 Å². The lowest BCUT2D eigenvalue weighted by atomic mass is 9.78. The van der Waals surface area contributed by atoms with Crippen molar-refractivity contribution >= 4 is 5.97 Å². The van der Waals surface area contributed by atoms with Gasteiger partial charge in [0, 0.05) is 12.6 Å². The van der Waals surface area contributed by atoms with Crippen molar-refractivity contribution in [1.29, 1.82) is 0 Å². The molecule has 0 saturated heterocycles. The lowest BCUT2D eigenvalue weighted by Crippen LogP contribution is -2.40. The monoisotopic (exact) mass is 233 g/mol. The molecule has 2 N–H and O–H groups in total. The minimum absolute atomic E-state index is 0.126. The summed E-state index contributed by atoms with van der Waals surface area (Å²) in [5.74, 6) is -0.155. The Morgan fingerprint density at radius 2 is 2.06 bits per heavy atom. The first kappa shape index (κ1) is 12.1. The molecule has 1 aliphatic rings. The van der Waals surface area contributed by atoms with E-state index in [4.69, 9.17) is 5.11 Å². The average Bonchev–Trinajstić information content (AvgIpc) is 2.24. The Morgan fingerprint density at radius 3 is 2.59 bits per heavy atom. The number of hydrogen-bond acceptors (Lipinski definition) is 2. The summed E-state index contributed by atoms with van der Waals surface area (Å²) in [5.41, 5.74) is 1.21. The summed E-state index contributed by atoms with van der Waals surface area (Å²) in [6, 6.07) is 10.3. The fraction of sp³-hybridized carbons (Fsp3) is 0.500. The maximum atomic E-state index is 10.8. The summed E-state index contributed by atoms with van der Waals surface area (Å²) < 4.78 is 0. The highest BCUT2D eigenvalue weighted by Gasteiger charge is 2.28. The van der Waals surface area contributed by atoms with Gasteiger partial charge in [0.1, 0.15) is 0 Å². The molecular formula is C14H19NO2. The van der Waals surface area contributed by atoms with Crippen LogP contribution in [-0.4, -0.2) is 17.1 Å². The van der Waals surface area contributed by atoms with Crippen LogP contribution in [0.5, 0.6) is 0 Å². The molecule has 1 fully saturated rings. The van der Waals surface area contributed by atoms with Gasteiger partial charge in [-0.2, -0.15) is 0 Å². The number of carbonyl (C=O) groups is 1. The number of hydrogen-bond donors (Lipinski definition) is 2. The SMILES string of the molecule is O=C(O)CC(NCc1ccccc1)C1CCC1. The predicted molar refractivity (Wildman–Crippen MR) is 66.7 cm³/mol. The summed E-state index contributed by atoms with van der Waals surface area (Å²) in [7, 11) is 0. The van der Waals surface area contributed by atoms with Gasteiger partial charge in [0.2, 0.25) is 0 Å². The zero-order chi connectivity index (χ0) is 12.1. The van der Waals surface area contributed by atoms with Crippen LogP contribution < -0.4 is 5.32 Å². The maximum absolute atomic E-state index is 10.8. The van der Waals surface area contributed by atoms with E-state index >= 15 is 0 Å². The molecule has 1 saturated carbocycles. The summed E-state index contributed by atoms with van der Waals surface area (Å²) in [5, 5.41) is 12.3. The first-order valence-electron chi connectivity index (χ1n) is 6.25. The molecule has 0 aliphatic heterocycles. The second-order valence-corrected chi connectivity index (χ2v) is 4.76. The second kappa shape index (κ2) is 5.82. The molecule has 1 unspecified atom stereocenters. The van der Waals surface area contributed by atoms with E-state index in [1.807, 2.05) is 18.2 Å². The highest BCUT2D eigenvalue weighted by Crippen LogP contribution is 2.31. The van der Waals surface area contributed by atoms with Gasteiger partial charge >= 0.3 is 5.97 Å². The smallest absolute Gasteiger partial charge is 0.304 e. The summed E-state index contributed by atoms with van der Waals surface area (Å²) in [4.78, 5) is 10.8. The van der Waals surface area contributed by atoms with Gasteiger partial charge in [-0.25, -0.2) is 0 Å². The molecule has 92 valence electrons. The molecule has 0 bridgehead atoms. The zero-order valence-corrected chi connectivity index (χ0v) is 9.93. The Hall–Kier alpha value is -1.35. The molecule has 2 rings (SSSR count). The number of nitrogens with one attached hydrogen (secondary N) is 1. The van der Waals surface area contributed by atoms with E-state index in [-0.39, 0.29) is 12.5 Å². The molecule has 0 amide bonds. The van der Waals surface area contributed by atoms with Gasteiger partial charge in [-0.3, -0.25) is 4.79 Å². The quantitative estimate of drug-likeness (QED) is 0.793. The molecule has 0 spiro atoms. The van der Waals surface area contributed by atoms with Crippen LogP contribution in [0, 0.1) is 5.92 Å². The highest BCUT2D eigenvalue weighted by atomic mass is 16.4. The fourth-order valence-electron chi connectivity index (χ4n) is 2.28. The molecular weight excluding hydrogens is 214 g/mol. The summed E-state index contributed by atoms with van der Waals surface area (Å²) in [6.07, 6.45) is 3.81. The molecule has 0 heterocycles. The van der Waals surface area contributed by atoms with Crippen molar-refractivity contribution in [2.24, 2.45) is 5.92 Å². The first-order valence-corrected chi connectivity index (χ1v) is 6.25. The van der Waals surface area contributed by atoms with E-state index < -0.39 is 5.97 Å². The van der Waals surface area contributed by atoms with E-state index in [9.17, 15) is 4.79 Å². The Balaban J connectivity index is 1.86. The molecule has 1 aromatic carbocycles. The van der Waals surface area contributed by atoms with Gasteiger partial charge in [-0.1, -0.05) is 36.8 Å². The van der Waals surface area contributed by atoms with Crippen molar-refractivity contribution in [3.63, 3.8) is 0 Å². The number of carboxylic acid groups (broad SMARTS) is 1. The van der Waals surface area contributed by atoms with Crippen molar-refractivity contribution < 1.29 is 9.90 Å². The molecule has 17 heavy (non-hydrogen) atoms. The molecule has 3 nitrogen and oxygen atoms in total. The van der Waals surface area contributed by atoms with Gasteiger partial charge in [-0.05, 0) is 24.3 Å². The maximum Gasteiger partial charge on any atom is 0.304 e. The molecule has 1 aromatic rings. The molecule has 0 radical (unpaired) electrons. The molecule has 1 atom stereocenters. The van der Waals surface area contributed by atoms with Crippen LogP contribution in [0.1, 0.15) is 31.2 Å². The summed E-state index contributed by atoms with van der Waals surface area (Å²) >= 11 is 0. The highest BCUT2D eigenvalue weighted by molar-refractivity contribution is 5.67. The number of carboxylic acids is 1. The van der Waals surface area contributed by atoms with Gasteiger partial charge < -0.3 is 10.4 Å². The fourth-order valence-corrected chi connectivity index (χ4v) is 2.28.